The first-order valence-electron chi connectivity index (χ1n) is 6.78. The third kappa shape index (κ3) is 4.74. The first-order chi connectivity index (χ1) is 7.79. The van der Waals surface area contributed by atoms with Gasteiger partial charge in [0.05, 0.1) is 12.7 Å². The highest BCUT2D eigenvalue weighted by Gasteiger charge is 2.22. The molecule has 16 heavy (non-hydrogen) atoms. The molecule has 0 aliphatic carbocycles. The summed E-state index contributed by atoms with van der Waals surface area (Å²) in [7, 11) is 0. The van der Waals surface area contributed by atoms with Gasteiger partial charge in [0.1, 0.15) is 0 Å². The standard InChI is InChI=1S/C14H25IO/c1-3-5-6-7-8-10-13-14(15)12(9-4-2)11-16-13/h13H,3-11H2,1-2H3. The first kappa shape index (κ1) is 14.5. The number of halogens is 1. The maximum atomic E-state index is 5.86. The summed E-state index contributed by atoms with van der Waals surface area (Å²) in [6, 6.07) is 0. The smallest absolute Gasteiger partial charge is 0.0886 e. The molecule has 0 aromatic rings. The van der Waals surface area contributed by atoms with Crippen molar-refractivity contribution >= 4 is 22.6 Å². The van der Waals surface area contributed by atoms with Crippen molar-refractivity contribution in [2.24, 2.45) is 0 Å². The van der Waals surface area contributed by atoms with E-state index in [9.17, 15) is 0 Å². The van der Waals surface area contributed by atoms with Gasteiger partial charge >= 0.3 is 0 Å². The van der Waals surface area contributed by atoms with Crippen LogP contribution >= 0.6 is 22.6 Å². The van der Waals surface area contributed by atoms with Gasteiger partial charge in [-0.1, -0.05) is 52.4 Å². The van der Waals surface area contributed by atoms with E-state index < -0.39 is 0 Å². The predicted octanol–water partition coefficient (Wildman–Crippen LogP) is 5.23. The molecule has 0 fully saturated rings. The molecular formula is C14H25IO. The topological polar surface area (TPSA) is 9.23 Å². The zero-order valence-corrected chi connectivity index (χ0v) is 12.9. The van der Waals surface area contributed by atoms with E-state index in [1.165, 1.54) is 54.9 Å². The molecule has 1 aliphatic rings. The Hall–Kier alpha value is 0.430. The van der Waals surface area contributed by atoms with Crippen molar-refractivity contribution in [3.05, 3.63) is 9.15 Å². The lowest BCUT2D eigenvalue weighted by molar-refractivity contribution is 0.115. The van der Waals surface area contributed by atoms with Gasteiger partial charge in [-0.25, -0.2) is 0 Å². The lowest BCUT2D eigenvalue weighted by Gasteiger charge is -2.10. The van der Waals surface area contributed by atoms with E-state index in [4.69, 9.17) is 4.74 Å². The Morgan fingerprint density at radius 2 is 1.88 bits per heavy atom. The van der Waals surface area contributed by atoms with Crippen LogP contribution in [0.15, 0.2) is 9.15 Å². The molecule has 1 aliphatic heterocycles. The van der Waals surface area contributed by atoms with Gasteiger partial charge in [0, 0.05) is 3.58 Å². The van der Waals surface area contributed by atoms with Crippen LogP contribution in [0.5, 0.6) is 0 Å². The summed E-state index contributed by atoms with van der Waals surface area (Å²) in [4.78, 5) is 0. The van der Waals surface area contributed by atoms with Crippen LogP contribution in [0.2, 0.25) is 0 Å². The number of ether oxygens (including phenoxy) is 1. The first-order valence-corrected chi connectivity index (χ1v) is 7.86. The molecule has 0 bridgehead atoms. The Morgan fingerprint density at radius 3 is 2.56 bits per heavy atom. The summed E-state index contributed by atoms with van der Waals surface area (Å²) >= 11 is 2.50. The second kappa shape index (κ2) is 8.51. The van der Waals surface area contributed by atoms with Gasteiger partial charge in [-0.2, -0.15) is 0 Å². The average Bonchev–Trinajstić information content (AvgIpc) is 2.62. The zero-order valence-electron chi connectivity index (χ0n) is 10.7. The Kier molecular flexibility index (Phi) is 7.71. The Balaban J connectivity index is 2.18. The lowest BCUT2D eigenvalue weighted by Crippen LogP contribution is -2.06. The highest BCUT2D eigenvalue weighted by Crippen LogP contribution is 2.32. The largest absolute Gasteiger partial charge is 0.369 e. The quantitative estimate of drug-likeness (QED) is 0.435. The maximum absolute atomic E-state index is 5.86. The van der Waals surface area contributed by atoms with E-state index in [0.29, 0.717) is 6.10 Å². The monoisotopic (exact) mass is 336 g/mol. The summed E-state index contributed by atoms with van der Waals surface area (Å²) in [5, 5.41) is 0. The molecule has 1 nitrogen and oxygen atoms in total. The van der Waals surface area contributed by atoms with Crippen molar-refractivity contribution in [3.8, 4) is 0 Å². The highest BCUT2D eigenvalue weighted by atomic mass is 127. The van der Waals surface area contributed by atoms with E-state index in [1.54, 1.807) is 5.57 Å². The van der Waals surface area contributed by atoms with Gasteiger partial charge in [0.2, 0.25) is 0 Å². The summed E-state index contributed by atoms with van der Waals surface area (Å²) in [6.07, 6.45) is 11.0. The van der Waals surface area contributed by atoms with Crippen LogP contribution in [-0.4, -0.2) is 12.7 Å². The summed E-state index contributed by atoms with van der Waals surface area (Å²) in [5.74, 6) is 0. The van der Waals surface area contributed by atoms with Crippen molar-refractivity contribution < 1.29 is 4.74 Å². The van der Waals surface area contributed by atoms with Gasteiger partial charge in [-0.05, 0) is 41.0 Å². The molecule has 1 rings (SSSR count). The summed E-state index contributed by atoms with van der Waals surface area (Å²) in [5.41, 5.74) is 1.56. The second-order valence-electron chi connectivity index (χ2n) is 4.70. The fraction of sp³-hybridized carbons (Fsp3) is 0.857. The number of unbranched alkanes of at least 4 members (excludes halogenated alkanes) is 4. The van der Waals surface area contributed by atoms with Gasteiger partial charge in [-0.3, -0.25) is 0 Å². The average molecular weight is 336 g/mol. The van der Waals surface area contributed by atoms with Gasteiger partial charge in [0.15, 0.2) is 0 Å². The molecule has 0 radical (unpaired) electrons. The third-order valence-electron chi connectivity index (χ3n) is 3.20. The van der Waals surface area contributed by atoms with Crippen LogP contribution in [0.3, 0.4) is 0 Å². The zero-order chi connectivity index (χ0) is 11.8. The van der Waals surface area contributed by atoms with Crippen molar-refractivity contribution in [3.63, 3.8) is 0 Å². The van der Waals surface area contributed by atoms with E-state index in [-0.39, 0.29) is 0 Å². The molecule has 0 N–H and O–H groups in total. The normalized spacial score (nSPS) is 20.8. The molecule has 0 spiro atoms. The number of hydrogen-bond donors (Lipinski definition) is 0. The molecule has 1 heterocycles. The van der Waals surface area contributed by atoms with E-state index in [1.807, 2.05) is 0 Å². The van der Waals surface area contributed by atoms with Gasteiger partial charge in [0.25, 0.3) is 0 Å². The molecule has 0 amide bonds. The number of rotatable bonds is 8. The summed E-state index contributed by atoms with van der Waals surface area (Å²) in [6.45, 7) is 5.41. The minimum atomic E-state index is 0.434. The van der Waals surface area contributed by atoms with Crippen LogP contribution in [0, 0.1) is 0 Å². The second-order valence-corrected chi connectivity index (χ2v) is 5.87. The van der Waals surface area contributed by atoms with Crippen LogP contribution in [0.1, 0.15) is 65.2 Å². The minimum Gasteiger partial charge on any atom is -0.369 e. The molecule has 1 unspecified atom stereocenters. The van der Waals surface area contributed by atoms with Crippen molar-refractivity contribution in [1.82, 2.24) is 0 Å². The summed E-state index contributed by atoms with van der Waals surface area (Å²) < 4.78 is 7.36. The number of hydrogen-bond acceptors (Lipinski definition) is 1. The van der Waals surface area contributed by atoms with Gasteiger partial charge in [-0.15, -0.1) is 0 Å². The lowest BCUT2D eigenvalue weighted by atomic mass is 10.1. The molecule has 0 saturated carbocycles. The predicted molar refractivity (Wildman–Crippen MR) is 79.1 cm³/mol. The highest BCUT2D eigenvalue weighted by molar-refractivity contribution is 14.1. The van der Waals surface area contributed by atoms with Gasteiger partial charge < -0.3 is 4.74 Å². The third-order valence-corrected chi connectivity index (χ3v) is 4.66. The molecule has 0 aromatic carbocycles. The molecule has 1 atom stereocenters. The van der Waals surface area contributed by atoms with E-state index in [0.717, 1.165) is 6.61 Å². The van der Waals surface area contributed by atoms with E-state index >= 15 is 0 Å². The Labute approximate surface area is 114 Å². The Morgan fingerprint density at radius 1 is 1.12 bits per heavy atom. The fourth-order valence-electron chi connectivity index (χ4n) is 2.21. The Bertz CT molecular complexity index is 223. The molecule has 94 valence electrons. The molecule has 2 heteroatoms. The van der Waals surface area contributed by atoms with Crippen molar-refractivity contribution in [2.75, 3.05) is 6.61 Å². The SMILES string of the molecule is CCCCCCCC1OCC(CCC)=C1I. The van der Waals surface area contributed by atoms with Crippen LogP contribution in [-0.2, 0) is 4.74 Å². The van der Waals surface area contributed by atoms with Crippen LogP contribution in [0.4, 0.5) is 0 Å². The van der Waals surface area contributed by atoms with Crippen LogP contribution in [0.25, 0.3) is 0 Å². The maximum Gasteiger partial charge on any atom is 0.0886 e. The minimum absolute atomic E-state index is 0.434. The van der Waals surface area contributed by atoms with Crippen LogP contribution < -0.4 is 0 Å². The van der Waals surface area contributed by atoms with Crippen molar-refractivity contribution in [2.45, 2.75) is 71.3 Å². The van der Waals surface area contributed by atoms with Crippen molar-refractivity contribution in [1.29, 1.82) is 0 Å². The fourth-order valence-corrected chi connectivity index (χ4v) is 3.12. The van der Waals surface area contributed by atoms with E-state index in [2.05, 4.69) is 36.4 Å². The molecular weight excluding hydrogens is 311 g/mol. The molecule has 0 saturated heterocycles. The molecule has 0 aromatic heterocycles.